The fourth-order valence-corrected chi connectivity index (χ4v) is 4.52. The smallest absolute Gasteiger partial charge is 0.139 e. The normalized spacial score (nSPS) is 42.6. The van der Waals surface area contributed by atoms with Gasteiger partial charge in [-0.25, -0.2) is 0 Å². The Kier molecular flexibility index (Phi) is 1.93. The fraction of sp³-hybridized carbons (Fsp3) is 0.562. The summed E-state index contributed by atoms with van der Waals surface area (Å²) in [6.45, 7) is 4.16. The summed E-state index contributed by atoms with van der Waals surface area (Å²) in [5, 5.41) is 0. The molecule has 2 heterocycles. The third-order valence-electron chi connectivity index (χ3n) is 5.31. The van der Waals surface area contributed by atoms with Crippen LogP contribution in [0, 0.1) is 11.8 Å². The molecule has 5 atom stereocenters. The van der Waals surface area contributed by atoms with Crippen molar-refractivity contribution in [1.29, 1.82) is 0 Å². The quantitative estimate of drug-likeness (QED) is 0.813. The zero-order valence-corrected chi connectivity index (χ0v) is 10.8. The summed E-state index contributed by atoms with van der Waals surface area (Å²) in [4.78, 5) is 12.2. The topological polar surface area (TPSA) is 26.3 Å². The lowest BCUT2D eigenvalue weighted by Crippen LogP contribution is -2.29. The van der Waals surface area contributed by atoms with Crippen LogP contribution >= 0.6 is 0 Å². The number of benzene rings is 1. The minimum absolute atomic E-state index is 0.00544. The number of hydrogen-bond acceptors (Lipinski definition) is 2. The molecule has 1 saturated carbocycles. The summed E-state index contributed by atoms with van der Waals surface area (Å²) >= 11 is 0. The average Bonchev–Trinajstić information content (AvgIpc) is 2.99. The van der Waals surface area contributed by atoms with E-state index in [4.69, 9.17) is 4.74 Å². The van der Waals surface area contributed by atoms with Gasteiger partial charge in [-0.1, -0.05) is 38.1 Å². The fourth-order valence-electron chi connectivity index (χ4n) is 4.52. The zero-order valence-electron chi connectivity index (χ0n) is 10.8. The molecule has 2 aliphatic carbocycles. The second kappa shape index (κ2) is 3.24. The Morgan fingerprint density at radius 1 is 1.28 bits per heavy atom. The molecule has 2 nitrogen and oxygen atoms in total. The van der Waals surface area contributed by atoms with Gasteiger partial charge in [0.25, 0.3) is 0 Å². The van der Waals surface area contributed by atoms with Gasteiger partial charge in [0.1, 0.15) is 5.78 Å². The van der Waals surface area contributed by atoms with Crippen LogP contribution in [0.5, 0.6) is 0 Å². The van der Waals surface area contributed by atoms with Crippen LogP contribution in [0.3, 0.4) is 0 Å². The Balaban J connectivity index is 1.86. The van der Waals surface area contributed by atoms with E-state index in [0.29, 0.717) is 24.0 Å². The number of carbonyl (C=O) groups excluding carboxylic acids is 1. The first kappa shape index (κ1) is 10.7. The lowest BCUT2D eigenvalue weighted by molar-refractivity contribution is -0.127. The van der Waals surface area contributed by atoms with E-state index in [1.165, 1.54) is 11.1 Å². The number of Topliss-reactive ketones (excluding diaryl/α,β-unsaturated/α-hetero) is 1. The molecule has 1 aromatic carbocycles. The van der Waals surface area contributed by atoms with Crippen molar-refractivity contribution in [3.05, 3.63) is 35.4 Å². The van der Waals surface area contributed by atoms with E-state index in [9.17, 15) is 4.79 Å². The molecule has 2 fully saturated rings. The molecule has 1 saturated heterocycles. The third-order valence-corrected chi connectivity index (χ3v) is 5.31. The molecular weight excluding hydrogens is 224 g/mol. The monoisotopic (exact) mass is 242 g/mol. The Hall–Kier alpha value is -1.15. The van der Waals surface area contributed by atoms with E-state index < -0.39 is 0 Å². The molecule has 1 unspecified atom stereocenters. The highest BCUT2D eigenvalue weighted by Crippen LogP contribution is 2.77. The Bertz CT molecular complexity index is 536. The average molecular weight is 242 g/mol. The maximum atomic E-state index is 12.2. The molecule has 18 heavy (non-hydrogen) atoms. The van der Waals surface area contributed by atoms with Crippen LogP contribution in [0.25, 0.3) is 0 Å². The van der Waals surface area contributed by atoms with E-state index in [2.05, 4.69) is 31.2 Å². The summed E-state index contributed by atoms with van der Waals surface area (Å²) in [7, 11) is 0. The highest BCUT2D eigenvalue weighted by molar-refractivity contribution is 5.84. The van der Waals surface area contributed by atoms with Crippen LogP contribution < -0.4 is 0 Å². The maximum absolute atomic E-state index is 12.2. The lowest BCUT2D eigenvalue weighted by atomic mass is 9.79. The van der Waals surface area contributed by atoms with Gasteiger partial charge in [-0.3, -0.25) is 4.79 Å². The molecule has 2 aliphatic heterocycles. The van der Waals surface area contributed by atoms with Crippen LogP contribution in [0.1, 0.15) is 49.8 Å². The standard InChI is InChI=1S/C16H18O2/c1-3-11(17)12-14-13-9-7-5-6-8-10(9)15(12)18-16(13,14)4-2/h5-8,12-15H,3-4H2,1-2H3/t12?,13-,14+,15+,16-/m1/s1. The van der Waals surface area contributed by atoms with Crippen LogP contribution in [-0.2, 0) is 9.53 Å². The van der Waals surface area contributed by atoms with Gasteiger partial charge in [0.15, 0.2) is 0 Å². The van der Waals surface area contributed by atoms with Crippen molar-refractivity contribution in [2.24, 2.45) is 11.8 Å². The molecule has 4 aliphatic rings. The highest BCUT2D eigenvalue weighted by atomic mass is 16.5. The van der Waals surface area contributed by atoms with Crippen molar-refractivity contribution in [3.8, 4) is 0 Å². The molecule has 2 heteroatoms. The largest absolute Gasteiger partial charge is 0.365 e. The van der Waals surface area contributed by atoms with Crippen molar-refractivity contribution >= 4 is 5.78 Å². The first-order valence-corrected chi connectivity index (χ1v) is 7.04. The first-order chi connectivity index (χ1) is 8.74. The molecular formula is C16H18O2. The van der Waals surface area contributed by atoms with Gasteiger partial charge in [0.2, 0.25) is 0 Å². The van der Waals surface area contributed by atoms with Crippen LogP contribution in [0.15, 0.2) is 24.3 Å². The summed E-state index contributed by atoms with van der Waals surface area (Å²) in [5.74, 6) is 1.44. The van der Waals surface area contributed by atoms with E-state index in [1.807, 2.05) is 6.92 Å². The number of carbonyl (C=O) groups is 1. The molecule has 0 N–H and O–H groups in total. The zero-order chi connectivity index (χ0) is 12.5. The van der Waals surface area contributed by atoms with Crippen molar-refractivity contribution in [1.82, 2.24) is 0 Å². The maximum Gasteiger partial charge on any atom is 0.139 e. The van der Waals surface area contributed by atoms with Gasteiger partial charge in [-0.15, -0.1) is 0 Å². The van der Waals surface area contributed by atoms with Crippen molar-refractivity contribution in [2.45, 2.75) is 44.3 Å². The van der Waals surface area contributed by atoms with Gasteiger partial charge in [0.05, 0.1) is 17.6 Å². The summed E-state index contributed by atoms with van der Waals surface area (Å²) in [6.07, 6.45) is 1.69. The Morgan fingerprint density at radius 3 is 2.67 bits per heavy atom. The second-order valence-electron chi connectivity index (χ2n) is 5.82. The van der Waals surface area contributed by atoms with E-state index in [-0.39, 0.29) is 17.6 Å². The number of ketones is 1. The molecule has 1 aromatic rings. The summed E-state index contributed by atoms with van der Waals surface area (Å²) in [5.41, 5.74) is 2.71. The van der Waals surface area contributed by atoms with E-state index >= 15 is 0 Å². The second-order valence-corrected chi connectivity index (χ2v) is 5.82. The van der Waals surface area contributed by atoms with Crippen molar-refractivity contribution in [3.63, 3.8) is 0 Å². The number of ether oxygens (including phenoxy) is 1. The number of hydrogen-bond donors (Lipinski definition) is 0. The number of rotatable bonds is 3. The van der Waals surface area contributed by atoms with Gasteiger partial charge >= 0.3 is 0 Å². The predicted molar refractivity (Wildman–Crippen MR) is 68.3 cm³/mol. The van der Waals surface area contributed by atoms with Crippen LogP contribution in [0.2, 0.25) is 0 Å². The molecule has 0 radical (unpaired) electrons. The Morgan fingerprint density at radius 2 is 2.00 bits per heavy atom. The van der Waals surface area contributed by atoms with Gasteiger partial charge < -0.3 is 4.74 Å². The van der Waals surface area contributed by atoms with Crippen LogP contribution in [-0.4, -0.2) is 11.4 Å². The molecule has 0 spiro atoms. The summed E-state index contributed by atoms with van der Waals surface area (Å²) in [6, 6.07) is 8.54. The molecule has 0 amide bonds. The van der Waals surface area contributed by atoms with Gasteiger partial charge in [0, 0.05) is 18.3 Å². The van der Waals surface area contributed by atoms with Crippen LogP contribution in [0.4, 0.5) is 0 Å². The highest BCUT2D eigenvalue weighted by Gasteiger charge is 2.78. The van der Waals surface area contributed by atoms with Crippen molar-refractivity contribution < 1.29 is 9.53 Å². The predicted octanol–water partition coefficient (Wildman–Crippen LogP) is 3.23. The Labute approximate surface area is 107 Å². The van der Waals surface area contributed by atoms with Gasteiger partial charge in [-0.2, -0.15) is 0 Å². The minimum Gasteiger partial charge on any atom is -0.365 e. The van der Waals surface area contributed by atoms with Crippen molar-refractivity contribution in [2.75, 3.05) is 0 Å². The lowest BCUT2D eigenvalue weighted by Gasteiger charge is -2.33. The molecule has 94 valence electrons. The molecule has 4 bridgehead atoms. The van der Waals surface area contributed by atoms with Gasteiger partial charge in [-0.05, 0) is 17.5 Å². The summed E-state index contributed by atoms with van der Waals surface area (Å²) < 4.78 is 6.31. The minimum atomic E-state index is -0.00544. The third kappa shape index (κ3) is 0.982. The SMILES string of the molecule is CCC(=O)C1[C@H]2O[C@]3(CC)[C@H](c4ccccc42)[C@H]13. The van der Waals surface area contributed by atoms with E-state index in [1.54, 1.807) is 0 Å². The molecule has 0 aromatic heterocycles. The van der Waals surface area contributed by atoms with E-state index in [0.717, 1.165) is 6.42 Å². The first-order valence-electron chi connectivity index (χ1n) is 7.04. The molecule has 5 rings (SSSR count).